The van der Waals surface area contributed by atoms with Crippen LogP contribution in [-0.2, 0) is 10.8 Å². The van der Waals surface area contributed by atoms with Gasteiger partial charge in [0.2, 0.25) is 0 Å². The van der Waals surface area contributed by atoms with Gasteiger partial charge in [0.25, 0.3) is 0 Å². The topological polar surface area (TPSA) is 78.4 Å². The summed E-state index contributed by atoms with van der Waals surface area (Å²) in [6, 6.07) is 6.25. The standard InChI is InChI=1S/C14H22N2O3S/c1-10(2)7-12(9-17)16-14(18)15-11-5-4-6-13(8-11)20(3)19/h4-6,8,10,12,17H,7,9H2,1-3H3,(H2,15,16,18)/t12-,20+/m1/s1. The molecule has 2 atom stereocenters. The molecule has 20 heavy (non-hydrogen) atoms. The number of carbonyl (C=O) groups is 1. The van der Waals surface area contributed by atoms with E-state index in [2.05, 4.69) is 10.6 Å². The van der Waals surface area contributed by atoms with Gasteiger partial charge >= 0.3 is 6.03 Å². The normalized spacial score (nSPS) is 13.8. The highest BCUT2D eigenvalue weighted by Crippen LogP contribution is 2.13. The Labute approximate surface area is 122 Å². The summed E-state index contributed by atoms with van der Waals surface area (Å²) in [5, 5.41) is 14.6. The lowest BCUT2D eigenvalue weighted by Crippen LogP contribution is -2.40. The van der Waals surface area contributed by atoms with E-state index in [0.717, 1.165) is 0 Å². The van der Waals surface area contributed by atoms with E-state index in [1.54, 1.807) is 30.5 Å². The molecule has 1 aromatic carbocycles. The van der Waals surface area contributed by atoms with E-state index in [1.807, 2.05) is 13.8 Å². The first-order valence-corrected chi connectivity index (χ1v) is 8.10. The Morgan fingerprint density at radius 1 is 1.40 bits per heavy atom. The fourth-order valence-electron chi connectivity index (χ4n) is 1.85. The van der Waals surface area contributed by atoms with E-state index < -0.39 is 10.8 Å². The number of aliphatic hydroxyl groups is 1. The van der Waals surface area contributed by atoms with Gasteiger partial charge in [-0.1, -0.05) is 19.9 Å². The van der Waals surface area contributed by atoms with E-state index in [4.69, 9.17) is 0 Å². The summed E-state index contributed by atoms with van der Waals surface area (Å²) in [7, 11) is -1.09. The molecule has 0 radical (unpaired) electrons. The summed E-state index contributed by atoms with van der Waals surface area (Å²) < 4.78 is 11.4. The summed E-state index contributed by atoms with van der Waals surface area (Å²) in [5.74, 6) is 0.387. The minimum Gasteiger partial charge on any atom is -0.394 e. The van der Waals surface area contributed by atoms with Gasteiger partial charge in [-0.15, -0.1) is 0 Å². The van der Waals surface area contributed by atoms with E-state index in [1.165, 1.54) is 0 Å². The van der Waals surface area contributed by atoms with E-state index in [0.29, 0.717) is 22.9 Å². The third kappa shape index (κ3) is 5.71. The van der Waals surface area contributed by atoms with Crippen LogP contribution in [0.3, 0.4) is 0 Å². The van der Waals surface area contributed by atoms with Crippen LogP contribution in [-0.4, -0.2) is 34.3 Å². The number of hydrogen-bond acceptors (Lipinski definition) is 3. The first-order valence-electron chi connectivity index (χ1n) is 6.54. The third-order valence-electron chi connectivity index (χ3n) is 2.74. The van der Waals surface area contributed by atoms with Crippen LogP contribution in [0.5, 0.6) is 0 Å². The van der Waals surface area contributed by atoms with Crippen LogP contribution < -0.4 is 10.6 Å². The largest absolute Gasteiger partial charge is 0.394 e. The van der Waals surface area contributed by atoms with Crippen molar-refractivity contribution in [3.05, 3.63) is 24.3 Å². The zero-order valence-corrected chi connectivity index (χ0v) is 12.9. The summed E-state index contributed by atoms with van der Waals surface area (Å²) in [4.78, 5) is 12.5. The summed E-state index contributed by atoms with van der Waals surface area (Å²) in [6.45, 7) is 3.97. The SMILES string of the molecule is CC(C)C[C@H](CO)NC(=O)Nc1cccc([S@](C)=O)c1. The van der Waals surface area contributed by atoms with Crippen LogP contribution in [0.2, 0.25) is 0 Å². The molecule has 0 aliphatic heterocycles. The Hall–Kier alpha value is -1.40. The Balaban J connectivity index is 2.61. The lowest BCUT2D eigenvalue weighted by atomic mass is 10.0. The van der Waals surface area contributed by atoms with Gasteiger partial charge in [-0.3, -0.25) is 4.21 Å². The van der Waals surface area contributed by atoms with Crippen molar-refractivity contribution in [2.75, 3.05) is 18.2 Å². The Bertz CT molecular complexity index is 477. The molecule has 1 aromatic rings. The highest BCUT2D eigenvalue weighted by atomic mass is 32.2. The molecule has 0 saturated heterocycles. The monoisotopic (exact) mass is 298 g/mol. The second kappa shape index (κ2) is 8.01. The summed E-state index contributed by atoms with van der Waals surface area (Å²) in [5.41, 5.74) is 0.580. The molecule has 1 rings (SSSR count). The zero-order chi connectivity index (χ0) is 15.1. The Morgan fingerprint density at radius 3 is 2.65 bits per heavy atom. The Kier molecular flexibility index (Phi) is 6.67. The molecular formula is C14H22N2O3S. The van der Waals surface area contributed by atoms with Gasteiger partial charge in [0.15, 0.2) is 0 Å². The van der Waals surface area contributed by atoms with E-state index in [-0.39, 0.29) is 18.7 Å². The van der Waals surface area contributed by atoms with Crippen LogP contribution in [0, 0.1) is 5.92 Å². The lowest BCUT2D eigenvalue weighted by molar-refractivity contribution is 0.214. The number of benzene rings is 1. The number of urea groups is 1. The average Bonchev–Trinajstić information content (AvgIpc) is 2.37. The molecule has 5 nitrogen and oxygen atoms in total. The average molecular weight is 298 g/mol. The lowest BCUT2D eigenvalue weighted by Gasteiger charge is -2.18. The number of rotatable bonds is 6. The quantitative estimate of drug-likeness (QED) is 0.751. The molecule has 0 unspecified atom stereocenters. The maximum atomic E-state index is 11.8. The molecule has 0 aliphatic carbocycles. The number of anilines is 1. The van der Waals surface area contributed by atoms with Crippen molar-refractivity contribution in [2.45, 2.75) is 31.2 Å². The van der Waals surface area contributed by atoms with Crippen LogP contribution in [0.25, 0.3) is 0 Å². The zero-order valence-electron chi connectivity index (χ0n) is 12.1. The first-order chi connectivity index (χ1) is 9.42. The van der Waals surface area contributed by atoms with Crippen LogP contribution in [0.15, 0.2) is 29.2 Å². The van der Waals surface area contributed by atoms with Crippen molar-refractivity contribution >= 4 is 22.5 Å². The van der Waals surface area contributed by atoms with Crippen molar-refractivity contribution in [1.29, 1.82) is 0 Å². The van der Waals surface area contributed by atoms with Crippen LogP contribution in [0.1, 0.15) is 20.3 Å². The fourth-order valence-corrected chi connectivity index (χ4v) is 2.42. The molecule has 0 spiro atoms. The van der Waals surface area contributed by atoms with Gasteiger partial charge in [-0.2, -0.15) is 0 Å². The number of amides is 2. The number of carbonyl (C=O) groups excluding carboxylic acids is 1. The smallest absolute Gasteiger partial charge is 0.319 e. The van der Waals surface area contributed by atoms with Gasteiger partial charge in [0.05, 0.1) is 12.6 Å². The van der Waals surface area contributed by atoms with E-state index >= 15 is 0 Å². The summed E-state index contributed by atoms with van der Waals surface area (Å²) >= 11 is 0. The number of hydrogen-bond donors (Lipinski definition) is 3. The molecule has 0 fully saturated rings. The maximum Gasteiger partial charge on any atom is 0.319 e. The number of nitrogens with one attached hydrogen (secondary N) is 2. The molecule has 112 valence electrons. The molecule has 0 aliphatic rings. The predicted octanol–water partition coefficient (Wildman–Crippen LogP) is 1.95. The summed E-state index contributed by atoms with van der Waals surface area (Å²) in [6.07, 6.45) is 2.30. The third-order valence-corrected chi connectivity index (χ3v) is 3.65. The van der Waals surface area contributed by atoms with Gasteiger partial charge in [-0.05, 0) is 30.5 Å². The van der Waals surface area contributed by atoms with Crippen LogP contribution in [0.4, 0.5) is 10.5 Å². The fraction of sp³-hybridized carbons (Fsp3) is 0.500. The Morgan fingerprint density at radius 2 is 2.10 bits per heavy atom. The highest BCUT2D eigenvalue weighted by molar-refractivity contribution is 7.84. The molecule has 0 bridgehead atoms. The minimum absolute atomic E-state index is 0.0926. The minimum atomic E-state index is -1.09. The van der Waals surface area contributed by atoms with Gasteiger partial charge in [0.1, 0.15) is 0 Å². The predicted molar refractivity (Wildman–Crippen MR) is 81.3 cm³/mol. The van der Waals surface area contributed by atoms with Crippen molar-refractivity contribution in [3.63, 3.8) is 0 Å². The second-order valence-electron chi connectivity index (χ2n) is 5.09. The molecule has 3 N–H and O–H groups in total. The molecular weight excluding hydrogens is 276 g/mol. The first kappa shape index (κ1) is 16.7. The molecule has 0 saturated carbocycles. The molecule has 2 amide bonds. The van der Waals surface area contributed by atoms with Crippen molar-refractivity contribution in [2.24, 2.45) is 5.92 Å². The molecule has 0 aromatic heterocycles. The molecule has 0 heterocycles. The highest BCUT2D eigenvalue weighted by Gasteiger charge is 2.13. The van der Waals surface area contributed by atoms with Crippen LogP contribution >= 0.6 is 0 Å². The second-order valence-corrected chi connectivity index (χ2v) is 6.47. The van der Waals surface area contributed by atoms with E-state index in [9.17, 15) is 14.1 Å². The van der Waals surface area contributed by atoms with Crippen molar-refractivity contribution in [3.8, 4) is 0 Å². The van der Waals surface area contributed by atoms with Crippen molar-refractivity contribution in [1.82, 2.24) is 5.32 Å². The van der Waals surface area contributed by atoms with Gasteiger partial charge in [-0.25, -0.2) is 4.79 Å². The van der Waals surface area contributed by atoms with Gasteiger partial charge < -0.3 is 15.7 Å². The van der Waals surface area contributed by atoms with Gasteiger partial charge in [0, 0.05) is 27.6 Å². The molecule has 6 heteroatoms. The maximum absolute atomic E-state index is 11.8. The van der Waals surface area contributed by atoms with Crippen molar-refractivity contribution < 1.29 is 14.1 Å². The number of aliphatic hydroxyl groups excluding tert-OH is 1.